The lowest BCUT2D eigenvalue weighted by Gasteiger charge is -2.43. The first kappa shape index (κ1) is 26.8. The van der Waals surface area contributed by atoms with E-state index in [9.17, 15) is 39.9 Å². The predicted octanol–water partition coefficient (Wildman–Crippen LogP) is 4.24. The number of alkyl halides is 6. The van der Waals surface area contributed by atoms with Gasteiger partial charge in [-0.3, -0.25) is 9.88 Å². The molecule has 0 spiro atoms. The number of hydrogen-bond donors (Lipinski definition) is 1. The lowest BCUT2D eigenvalue weighted by molar-refractivity contribution is -0.376. The number of nitrogens with zero attached hydrogens (tertiary/aromatic N) is 3. The highest BCUT2D eigenvalue weighted by Gasteiger charge is 2.71. The zero-order chi connectivity index (χ0) is 26.5. The van der Waals surface area contributed by atoms with Crippen LogP contribution in [0.15, 0.2) is 53.7 Å². The van der Waals surface area contributed by atoms with Gasteiger partial charge in [0, 0.05) is 49.7 Å². The Morgan fingerprint density at radius 3 is 1.97 bits per heavy atom. The summed E-state index contributed by atoms with van der Waals surface area (Å²) in [4.78, 5) is 5.80. The number of pyridine rings is 1. The lowest BCUT2D eigenvalue weighted by atomic mass is 9.92. The van der Waals surface area contributed by atoms with E-state index >= 15 is 0 Å². The highest BCUT2D eigenvalue weighted by Crippen LogP contribution is 2.50. The third-order valence-electron chi connectivity index (χ3n) is 6.81. The highest BCUT2D eigenvalue weighted by molar-refractivity contribution is 7.89. The van der Waals surface area contributed by atoms with Gasteiger partial charge in [0.15, 0.2) is 0 Å². The Hall–Kier alpha value is -2.22. The zero-order valence-corrected chi connectivity index (χ0v) is 20.0. The fourth-order valence-electron chi connectivity index (χ4n) is 4.82. The Bertz CT molecular complexity index is 1150. The fourth-order valence-corrected chi connectivity index (χ4v) is 6.44. The normalized spacial score (nSPS) is 21.9. The Kier molecular flexibility index (Phi) is 6.90. The van der Waals surface area contributed by atoms with Crippen LogP contribution in [-0.2, 0) is 15.6 Å². The molecule has 0 amide bonds. The lowest BCUT2D eigenvalue weighted by Crippen LogP contribution is -2.55. The monoisotopic (exact) mass is 537 g/mol. The standard InChI is InChI=1S/C23H25F6N3O3S/c1-15-14-31(20(16-2-3-16)17-8-10-30-11-9-17)12-13-32(15)36(34,35)19-6-4-18(5-7-19)21(33,22(24,25)26)23(27,28)29/h4-11,15-16,20,33H,2-3,12-14H2,1H3/t15-,20?/m1/s1. The van der Waals surface area contributed by atoms with Crippen molar-refractivity contribution in [1.82, 2.24) is 14.2 Å². The van der Waals surface area contributed by atoms with Gasteiger partial charge < -0.3 is 5.11 Å². The number of hydrogen-bond acceptors (Lipinski definition) is 5. The van der Waals surface area contributed by atoms with Crippen molar-refractivity contribution in [2.45, 2.75) is 54.7 Å². The summed E-state index contributed by atoms with van der Waals surface area (Å²) in [6.45, 7) is 2.63. The topological polar surface area (TPSA) is 73.7 Å². The minimum Gasteiger partial charge on any atom is -0.369 e. The van der Waals surface area contributed by atoms with Crippen LogP contribution in [0.3, 0.4) is 0 Å². The average Bonchev–Trinajstić information content (AvgIpc) is 3.63. The third kappa shape index (κ3) is 4.73. The minimum atomic E-state index is -6.05. The molecular weight excluding hydrogens is 512 g/mol. The fraction of sp³-hybridized carbons (Fsp3) is 0.522. The van der Waals surface area contributed by atoms with Crippen molar-refractivity contribution >= 4 is 10.0 Å². The molecule has 13 heteroatoms. The molecule has 2 aliphatic rings. The number of rotatable bonds is 6. The van der Waals surface area contributed by atoms with Gasteiger partial charge in [0.2, 0.25) is 10.0 Å². The van der Waals surface area contributed by atoms with E-state index < -0.39 is 44.5 Å². The van der Waals surface area contributed by atoms with Crippen molar-refractivity contribution in [3.63, 3.8) is 0 Å². The van der Waals surface area contributed by atoms with Crippen LogP contribution in [0.2, 0.25) is 0 Å². The van der Waals surface area contributed by atoms with Crippen LogP contribution in [0.4, 0.5) is 26.3 Å². The van der Waals surface area contributed by atoms with Gasteiger partial charge in [-0.25, -0.2) is 8.42 Å². The smallest absolute Gasteiger partial charge is 0.369 e. The summed E-state index contributed by atoms with van der Waals surface area (Å²) in [7, 11) is -4.21. The van der Waals surface area contributed by atoms with Crippen LogP contribution in [0.1, 0.15) is 36.9 Å². The van der Waals surface area contributed by atoms with Gasteiger partial charge in [-0.1, -0.05) is 12.1 Å². The minimum absolute atomic E-state index is 0.106. The Morgan fingerprint density at radius 2 is 1.50 bits per heavy atom. The maximum absolute atomic E-state index is 13.2. The van der Waals surface area contributed by atoms with E-state index in [-0.39, 0.29) is 12.6 Å². The molecule has 1 aliphatic heterocycles. The van der Waals surface area contributed by atoms with Gasteiger partial charge in [0.1, 0.15) is 0 Å². The molecule has 4 rings (SSSR count). The van der Waals surface area contributed by atoms with Gasteiger partial charge in [-0.2, -0.15) is 30.6 Å². The second-order valence-corrected chi connectivity index (χ2v) is 11.1. The van der Waals surface area contributed by atoms with E-state index in [1.807, 2.05) is 12.1 Å². The second-order valence-electron chi connectivity index (χ2n) is 9.25. The molecule has 1 saturated heterocycles. The number of aromatic nitrogens is 1. The van der Waals surface area contributed by atoms with E-state index in [2.05, 4.69) is 9.88 Å². The van der Waals surface area contributed by atoms with Crippen LogP contribution in [-0.4, -0.2) is 65.7 Å². The van der Waals surface area contributed by atoms with E-state index in [4.69, 9.17) is 0 Å². The molecular formula is C23H25F6N3O3S. The quantitative estimate of drug-likeness (QED) is 0.559. The summed E-state index contributed by atoms with van der Waals surface area (Å²) in [5.41, 5.74) is -5.54. The number of benzene rings is 1. The Labute approximate surface area is 204 Å². The molecule has 1 saturated carbocycles. The van der Waals surface area contributed by atoms with E-state index in [0.717, 1.165) is 18.4 Å². The van der Waals surface area contributed by atoms with E-state index in [1.54, 1.807) is 19.3 Å². The molecule has 2 fully saturated rings. The maximum atomic E-state index is 13.2. The van der Waals surface area contributed by atoms with Crippen molar-refractivity contribution in [3.05, 3.63) is 59.9 Å². The van der Waals surface area contributed by atoms with Gasteiger partial charge in [0.25, 0.3) is 5.60 Å². The SMILES string of the molecule is C[C@@H]1CN(C(c2ccncc2)C2CC2)CCN1S(=O)(=O)c1ccc(C(O)(C(F)(F)F)C(F)(F)F)cc1. The first-order valence-electron chi connectivity index (χ1n) is 11.3. The summed E-state index contributed by atoms with van der Waals surface area (Å²) >= 11 is 0. The molecule has 1 aromatic heterocycles. The summed E-state index contributed by atoms with van der Waals surface area (Å²) < 4.78 is 107. The number of piperazine rings is 1. The molecule has 1 N–H and O–H groups in total. The van der Waals surface area contributed by atoms with Crippen LogP contribution in [0.25, 0.3) is 0 Å². The third-order valence-corrected chi connectivity index (χ3v) is 8.83. The predicted molar refractivity (Wildman–Crippen MR) is 117 cm³/mol. The molecule has 0 radical (unpaired) electrons. The van der Waals surface area contributed by atoms with Crippen molar-refractivity contribution in [2.75, 3.05) is 19.6 Å². The second kappa shape index (κ2) is 9.26. The molecule has 36 heavy (non-hydrogen) atoms. The van der Waals surface area contributed by atoms with Gasteiger partial charge in [0.05, 0.1) is 4.90 Å². The van der Waals surface area contributed by atoms with Crippen LogP contribution in [0.5, 0.6) is 0 Å². The molecule has 2 atom stereocenters. The molecule has 1 unspecified atom stereocenters. The van der Waals surface area contributed by atoms with Crippen LogP contribution >= 0.6 is 0 Å². The zero-order valence-electron chi connectivity index (χ0n) is 19.2. The highest BCUT2D eigenvalue weighted by atomic mass is 32.2. The Morgan fingerprint density at radius 1 is 0.944 bits per heavy atom. The van der Waals surface area contributed by atoms with Crippen molar-refractivity contribution in [3.8, 4) is 0 Å². The van der Waals surface area contributed by atoms with E-state index in [1.165, 1.54) is 4.31 Å². The summed E-state index contributed by atoms with van der Waals surface area (Å²) in [5.74, 6) is 0.455. The Balaban J connectivity index is 1.55. The van der Waals surface area contributed by atoms with Gasteiger partial charge in [-0.15, -0.1) is 0 Å². The molecule has 1 aliphatic carbocycles. The average molecular weight is 538 g/mol. The van der Waals surface area contributed by atoms with Crippen molar-refractivity contribution in [2.24, 2.45) is 5.92 Å². The van der Waals surface area contributed by atoms with Crippen LogP contribution in [0, 0.1) is 5.92 Å². The van der Waals surface area contributed by atoms with Crippen molar-refractivity contribution in [1.29, 1.82) is 0 Å². The summed E-state index contributed by atoms with van der Waals surface area (Å²) in [5, 5.41) is 9.55. The van der Waals surface area contributed by atoms with Crippen molar-refractivity contribution < 1.29 is 39.9 Å². The largest absolute Gasteiger partial charge is 0.430 e. The first-order chi connectivity index (χ1) is 16.7. The number of halogens is 6. The summed E-state index contributed by atoms with van der Waals surface area (Å²) in [6, 6.07) is 5.51. The molecule has 2 heterocycles. The van der Waals surface area contributed by atoms with Crippen LogP contribution < -0.4 is 0 Å². The maximum Gasteiger partial charge on any atom is 0.430 e. The molecule has 1 aromatic carbocycles. The molecule has 2 aromatic rings. The van der Waals surface area contributed by atoms with E-state index in [0.29, 0.717) is 43.3 Å². The molecule has 6 nitrogen and oxygen atoms in total. The number of sulfonamides is 1. The summed E-state index contributed by atoms with van der Waals surface area (Å²) in [6.07, 6.45) is -6.57. The molecule has 0 bridgehead atoms. The van der Waals surface area contributed by atoms with Gasteiger partial charge >= 0.3 is 12.4 Å². The number of aliphatic hydroxyl groups is 1. The molecule has 198 valence electrons. The van der Waals surface area contributed by atoms with Gasteiger partial charge in [-0.05, 0) is 55.5 Å². The first-order valence-corrected chi connectivity index (χ1v) is 12.7.